The Morgan fingerprint density at radius 3 is 2.70 bits per heavy atom. The van der Waals surface area contributed by atoms with Gasteiger partial charge < -0.3 is 16.8 Å². The van der Waals surface area contributed by atoms with Gasteiger partial charge in [0.2, 0.25) is 0 Å². The molecule has 4 heteroatoms. The van der Waals surface area contributed by atoms with Crippen LogP contribution in [0.5, 0.6) is 0 Å². The van der Waals surface area contributed by atoms with Gasteiger partial charge in [0.1, 0.15) is 0 Å². The van der Waals surface area contributed by atoms with Gasteiger partial charge >= 0.3 is 6.03 Å². The Kier molecular flexibility index (Phi) is 6.10. The van der Waals surface area contributed by atoms with Crippen molar-refractivity contribution in [2.75, 3.05) is 0 Å². The molecule has 0 aliphatic carbocycles. The number of primary amides is 1. The molecule has 20 heavy (non-hydrogen) atoms. The summed E-state index contributed by atoms with van der Waals surface area (Å²) in [5, 5.41) is 2.43. The highest BCUT2D eigenvalue weighted by Crippen LogP contribution is 2.14. The second-order valence-electron chi connectivity index (χ2n) is 4.52. The van der Waals surface area contributed by atoms with Gasteiger partial charge in [0, 0.05) is 5.70 Å². The Bertz CT molecular complexity index is 544. The molecule has 0 aliphatic rings. The topological polar surface area (TPSA) is 81.1 Å². The molecular weight excluding hydrogens is 250 g/mol. The minimum absolute atomic E-state index is 0.454. The van der Waals surface area contributed by atoms with Gasteiger partial charge in [-0.1, -0.05) is 30.8 Å². The molecule has 1 rings (SSSR count). The zero-order chi connectivity index (χ0) is 15.0. The number of urea groups is 1. The third-order valence-electron chi connectivity index (χ3n) is 2.90. The molecule has 1 aromatic rings. The molecule has 0 aromatic heterocycles. The van der Waals surface area contributed by atoms with E-state index in [-0.39, 0.29) is 0 Å². The van der Waals surface area contributed by atoms with E-state index in [9.17, 15) is 4.79 Å². The number of amides is 2. The van der Waals surface area contributed by atoms with Gasteiger partial charge in [0.05, 0.1) is 0 Å². The number of allylic oxidation sites excluding steroid dienone is 3. The lowest BCUT2D eigenvalue weighted by atomic mass is 10.00. The van der Waals surface area contributed by atoms with E-state index in [1.807, 2.05) is 12.1 Å². The van der Waals surface area contributed by atoms with E-state index in [4.69, 9.17) is 11.5 Å². The number of carbonyl (C=O) groups excluding carboxylic acids is 1. The zero-order valence-electron chi connectivity index (χ0n) is 11.7. The number of hydrogen-bond donors (Lipinski definition) is 3. The van der Waals surface area contributed by atoms with E-state index >= 15 is 0 Å². The van der Waals surface area contributed by atoms with Gasteiger partial charge in [-0.15, -0.1) is 0 Å². The minimum Gasteiger partial charge on any atom is -0.405 e. The van der Waals surface area contributed by atoms with Crippen LogP contribution in [0, 0.1) is 6.92 Å². The molecule has 1 aromatic carbocycles. The molecule has 4 nitrogen and oxygen atoms in total. The highest BCUT2D eigenvalue weighted by atomic mass is 16.2. The summed E-state index contributed by atoms with van der Waals surface area (Å²) in [6.45, 7) is 5.81. The number of rotatable bonds is 6. The minimum atomic E-state index is -0.624. The highest BCUT2D eigenvalue weighted by molar-refractivity contribution is 5.74. The van der Waals surface area contributed by atoms with Crippen LogP contribution in [0.3, 0.4) is 0 Å². The fraction of sp³-hybridized carbons (Fsp3) is 0.188. The SMILES string of the molecule is C=C(/C=C(\C=C/N)CCc1ccccc1C)NC(N)=O. The first-order valence-electron chi connectivity index (χ1n) is 6.41. The Labute approximate surface area is 119 Å². The summed E-state index contributed by atoms with van der Waals surface area (Å²) < 4.78 is 0. The standard InChI is InChI=1S/C16H21N3O/c1-12-5-3-4-6-15(12)8-7-14(9-10-17)11-13(2)19-16(18)20/h3-6,9-11H,2,7-8,17H2,1H3,(H3,18,19,20)/b10-9-,14-11-. The van der Waals surface area contributed by atoms with Crippen LogP contribution in [-0.4, -0.2) is 6.03 Å². The van der Waals surface area contributed by atoms with Crippen molar-refractivity contribution in [2.45, 2.75) is 19.8 Å². The molecule has 0 saturated carbocycles. The van der Waals surface area contributed by atoms with Crippen LogP contribution in [0.1, 0.15) is 17.5 Å². The van der Waals surface area contributed by atoms with Crippen LogP contribution in [-0.2, 0) is 6.42 Å². The lowest BCUT2D eigenvalue weighted by Crippen LogP contribution is -2.27. The molecule has 5 N–H and O–H groups in total. The normalized spacial score (nSPS) is 11.6. The fourth-order valence-electron chi connectivity index (χ4n) is 1.91. The molecule has 0 radical (unpaired) electrons. The summed E-state index contributed by atoms with van der Waals surface area (Å²) in [5.74, 6) is 0. The first-order chi connectivity index (χ1) is 9.52. The van der Waals surface area contributed by atoms with E-state index in [0.29, 0.717) is 5.70 Å². The first kappa shape index (κ1) is 15.6. The molecule has 0 saturated heterocycles. The Balaban J connectivity index is 2.73. The third-order valence-corrected chi connectivity index (χ3v) is 2.90. The average Bonchev–Trinajstić information content (AvgIpc) is 2.36. The van der Waals surface area contributed by atoms with Crippen LogP contribution < -0.4 is 16.8 Å². The molecule has 106 valence electrons. The van der Waals surface area contributed by atoms with E-state index in [0.717, 1.165) is 18.4 Å². The van der Waals surface area contributed by atoms with E-state index in [1.54, 1.807) is 12.2 Å². The molecule has 0 fully saturated rings. The summed E-state index contributed by atoms with van der Waals surface area (Å²) in [7, 11) is 0. The number of nitrogens with two attached hydrogens (primary N) is 2. The fourth-order valence-corrected chi connectivity index (χ4v) is 1.91. The molecule has 0 heterocycles. The van der Waals surface area contributed by atoms with Crippen molar-refractivity contribution in [3.05, 3.63) is 71.6 Å². The Hall–Kier alpha value is -2.49. The van der Waals surface area contributed by atoms with Crippen molar-refractivity contribution < 1.29 is 4.79 Å². The predicted octanol–water partition coefficient (Wildman–Crippen LogP) is 2.51. The van der Waals surface area contributed by atoms with Gasteiger partial charge in [0.15, 0.2) is 0 Å². The van der Waals surface area contributed by atoms with E-state index in [1.165, 1.54) is 17.3 Å². The summed E-state index contributed by atoms with van der Waals surface area (Å²) in [6, 6.07) is 7.62. The lowest BCUT2D eigenvalue weighted by Gasteiger charge is -2.07. The predicted molar refractivity (Wildman–Crippen MR) is 82.8 cm³/mol. The Morgan fingerprint density at radius 1 is 1.40 bits per heavy atom. The van der Waals surface area contributed by atoms with Crippen LogP contribution in [0.4, 0.5) is 4.79 Å². The van der Waals surface area contributed by atoms with Gasteiger partial charge in [-0.3, -0.25) is 0 Å². The molecular formula is C16H21N3O. The first-order valence-corrected chi connectivity index (χ1v) is 6.41. The van der Waals surface area contributed by atoms with Crippen LogP contribution >= 0.6 is 0 Å². The summed E-state index contributed by atoms with van der Waals surface area (Å²) in [4.78, 5) is 10.8. The molecule has 0 aliphatic heterocycles. The summed E-state index contributed by atoms with van der Waals surface area (Å²) in [5.41, 5.74) is 14.5. The molecule has 0 unspecified atom stereocenters. The third kappa shape index (κ3) is 5.44. The molecule has 2 amide bonds. The number of hydrogen-bond acceptors (Lipinski definition) is 2. The van der Waals surface area contributed by atoms with Crippen molar-refractivity contribution in [1.29, 1.82) is 0 Å². The maximum atomic E-state index is 10.8. The highest BCUT2D eigenvalue weighted by Gasteiger charge is 2.01. The number of nitrogens with one attached hydrogen (secondary N) is 1. The van der Waals surface area contributed by atoms with Gasteiger partial charge in [-0.25, -0.2) is 4.79 Å². The van der Waals surface area contributed by atoms with Crippen LogP contribution in [0.2, 0.25) is 0 Å². The maximum Gasteiger partial charge on any atom is 0.316 e. The van der Waals surface area contributed by atoms with E-state index in [2.05, 4.69) is 31.0 Å². The molecule has 0 bridgehead atoms. The van der Waals surface area contributed by atoms with Crippen LogP contribution in [0.25, 0.3) is 0 Å². The van der Waals surface area contributed by atoms with Crippen LogP contribution in [0.15, 0.2) is 60.5 Å². The van der Waals surface area contributed by atoms with Gasteiger partial charge in [-0.05, 0) is 54.8 Å². The van der Waals surface area contributed by atoms with Gasteiger partial charge in [-0.2, -0.15) is 0 Å². The van der Waals surface area contributed by atoms with Crippen molar-refractivity contribution in [3.8, 4) is 0 Å². The van der Waals surface area contributed by atoms with E-state index < -0.39 is 6.03 Å². The monoisotopic (exact) mass is 271 g/mol. The number of aryl methyl sites for hydroxylation is 2. The lowest BCUT2D eigenvalue weighted by molar-refractivity contribution is 0.251. The van der Waals surface area contributed by atoms with Gasteiger partial charge in [0.25, 0.3) is 0 Å². The second-order valence-corrected chi connectivity index (χ2v) is 4.52. The van der Waals surface area contributed by atoms with Crippen molar-refractivity contribution in [2.24, 2.45) is 11.5 Å². The number of benzene rings is 1. The second kappa shape index (κ2) is 7.84. The molecule has 0 atom stereocenters. The Morgan fingerprint density at radius 2 is 2.10 bits per heavy atom. The van der Waals surface area contributed by atoms with Crippen molar-refractivity contribution in [1.82, 2.24) is 5.32 Å². The van der Waals surface area contributed by atoms with Crippen molar-refractivity contribution in [3.63, 3.8) is 0 Å². The number of carbonyl (C=O) groups is 1. The van der Waals surface area contributed by atoms with Crippen molar-refractivity contribution >= 4 is 6.03 Å². The average molecular weight is 271 g/mol. The quantitative estimate of drug-likeness (QED) is 0.695. The largest absolute Gasteiger partial charge is 0.405 e. The maximum absolute atomic E-state index is 10.8. The smallest absolute Gasteiger partial charge is 0.316 e. The summed E-state index contributed by atoms with van der Waals surface area (Å²) >= 11 is 0. The molecule has 0 spiro atoms. The summed E-state index contributed by atoms with van der Waals surface area (Å²) in [6.07, 6.45) is 6.74. The zero-order valence-corrected chi connectivity index (χ0v) is 11.7.